The van der Waals surface area contributed by atoms with Crippen molar-refractivity contribution in [1.29, 1.82) is 0 Å². The molecule has 0 unspecified atom stereocenters. The maximum atomic E-state index is 12.1. The number of carboxylic acids is 2. The minimum Gasteiger partial charge on any atom is -0.478 e. The number of oxime groups is 1. The number of carboxylic acid groups (broad SMARTS) is 2. The molecule has 0 aliphatic carbocycles. The van der Waals surface area contributed by atoms with E-state index in [1.807, 2.05) is 6.07 Å². The number of benzene rings is 2. The third-order valence-corrected chi connectivity index (χ3v) is 4.37. The summed E-state index contributed by atoms with van der Waals surface area (Å²) in [6, 6.07) is 15.8. The van der Waals surface area contributed by atoms with Crippen LogP contribution in [0.2, 0.25) is 0 Å². The summed E-state index contributed by atoms with van der Waals surface area (Å²) in [4.78, 5) is 39.5. The molecule has 2 aromatic carbocycles. The molecule has 0 saturated heterocycles. The summed E-state index contributed by atoms with van der Waals surface area (Å²) in [6.07, 6.45) is 1.46. The molecule has 8 nitrogen and oxygen atoms in total. The summed E-state index contributed by atoms with van der Waals surface area (Å²) >= 11 is 0. The lowest BCUT2D eigenvalue weighted by molar-refractivity contribution is -0.136. The lowest BCUT2D eigenvalue weighted by Gasteiger charge is -2.03. The number of carbonyl (C=O) groups excluding carboxylic acids is 1. The number of furan rings is 1. The molecule has 0 bridgehead atoms. The Kier molecular flexibility index (Phi) is 4.73. The van der Waals surface area contributed by atoms with Gasteiger partial charge in [-0.2, -0.15) is 0 Å². The van der Waals surface area contributed by atoms with Gasteiger partial charge in [0, 0.05) is 11.1 Å². The number of rotatable bonds is 5. The zero-order valence-corrected chi connectivity index (χ0v) is 15.2. The first kappa shape index (κ1) is 18.9. The number of nitrogens with zero attached hydrogens (tertiary/aromatic N) is 1. The fraction of sp³-hybridized carbons (Fsp3) is 0. The summed E-state index contributed by atoms with van der Waals surface area (Å²) < 4.78 is 5.71. The van der Waals surface area contributed by atoms with Gasteiger partial charge in [-0.05, 0) is 36.4 Å². The van der Waals surface area contributed by atoms with E-state index in [-0.39, 0.29) is 28.0 Å². The van der Waals surface area contributed by atoms with Crippen molar-refractivity contribution in [3.05, 3.63) is 88.7 Å². The second kappa shape index (κ2) is 7.51. The first-order valence-corrected chi connectivity index (χ1v) is 8.71. The second-order valence-electron chi connectivity index (χ2n) is 6.35. The number of aromatic carboxylic acids is 2. The molecule has 0 radical (unpaired) electrons. The highest BCUT2D eigenvalue weighted by Gasteiger charge is 2.27. The predicted molar refractivity (Wildman–Crippen MR) is 105 cm³/mol. The van der Waals surface area contributed by atoms with E-state index in [1.165, 1.54) is 18.2 Å². The number of carbonyl (C=O) groups is 3. The van der Waals surface area contributed by atoms with Gasteiger partial charge in [0.1, 0.15) is 17.2 Å². The Morgan fingerprint density at radius 2 is 1.53 bits per heavy atom. The van der Waals surface area contributed by atoms with E-state index in [0.29, 0.717) is 17.0 Å². The lowest BCUT2D eigenvalue weighted by Crippen LogP contribution is -2.06. The molecule has 1 aliphatic heterocycles. The van der Waals surface area contributed by atoms with Gasteiger partial charge in [0.05, 0.1) is 16.7 Å². The third-order valence-electron chi connectivity index (χ3n) is 4.37. The Morgan fingerprint density at radius 1 is 0.867 bits per heavy atom. The monoisotopic (exact) mass is 403 g/mol. The van der Waals surface area contributed by atoms with E-state index in [0.717, 1.165) is 6.07 Å². The predicted octanol–water partition coefficient (Wildman–Crippen LogP) is 3.69. The van der Waals surface area contributed by atoms with Crippen LogP contribution < -0.4 is 0 Å². The van der Waals surface area contributed by atoms with Crippen LogP contribution in [0.1, 0.15) is 32.0 Å². The van der Waals surface area contributed by atoms with Gasteiger partial charge in [-0.15, -0.1) is 0 Å². The highest BCUT2D eigenvalue weighted by Crippen LogP contribution is 2.27. The maximum absolute atomic E-state index is 12.1. The first-order valence-electron chi connectivity index (χ1n) is 8.71. The van der Waals surface area contributed by atoms with Crippen molar-refractivity contribution in [2.24, 2.45) is 5.16 Å². The molecule has 8 heteroatoms. The van der Waals surface area contributed by atoms with E-state index >= 15 is 0 Å². The van der Waals surface area contributed by atoms with Crippen LogP contribution in [-0.4, -0.2) is 33.8 Å². The van der Waals surface area contributed by atoms with Crippen LogP contribution in [0.5, 0.6) is 0 Å². The van der Waals surface area contributed by atoms with Gasteiger partial charge in [0.25, 0.3) is 0 Å². The Bertz CT molecular complexity index is 1200. The highest BCUT2D eigenvalue weighted by atomic mass is 16.7. The Hall–Kier alpha value is -4.46. The third kappa shape index (κ3) is 3.61. The normalized spacial score (nSPS) is 14.5. The molecule has 30 heavy (non-hydrogen) atoms. The molecule has 0 fully saturated rings. The molecule has 0 saturated carbocycles. The number of hydrogen-bond donors (Lipinski definition) is 2. The first-order chi connectivity index (χ1) is 14.4. The number of hydrogen-bond acceptors (Lipinski definition) is 6. The average molecular weight is 403 g/mol. The average Bonchev–Trinajstić information content (AvgIpc) is 3.36. The molecule has 3 aromatic rings. The van der Waals surface area contributed by atoms with E-state index < -0.39 is 17.9 Å². The fourth-order valence-corrected chi connectivity index (χ4v) is 2.96. The molecule has 0 spiro atoms. The molecular weight excluding hydrogens is 390 g/mol. The van der Waals surface area contributed by atoms with Gasteiger partial charge in [-0.3, -0.25) is 0 Å². The van der Waals surface area contributed by atoms with Gasteiger partial charge in [-0.1, -0.05) is 35.5 Å². The largest absolute Gasteiger partial charge is 0.478 e. The van der Waals surface area contributed by atoms with Crippen molar-refractivity contribution in [3.8, 4) is 11.3 Å². The molecule has 4 rings (SSSR count). The van der Waals surface area contributed by atoms with Crippen LogP contribution in [0.15, 0.2) is 75.8 Å². The molecule has 1 aliphatic rings. The van der Waals surface area contributed by atoms with Gasteiger partial charge < -0.3 is 19.5 Å². The minimum atomic E-state index is -1.26. The second-order valence-corrected chi connectivity index (χ2v) is 6.35. The van der Waals surface area contributed by atoms with E-state index in [9.17, 15) is 24.6 Å². The summed E-state index contributed by atoms with van der Waals surface area (Å²) in [5.74, 6) is -2.61. The van der Waals surface area contributed by atoms with E-state index in [2.05, 4.69) is 5.16 Å². The van der Waals surface area contributed by atoms with Crippen molar-refractivity contribution in [3.63, 3.8) is 0 Å². The fourth-order valence-electron chi connectivity index (χ4n) is 2.96. The summed E-state index contributed by atoms with van der Waals surface area (Å²) in [7, 11) is 0. The molecule has 2 N–H and O–H groups in total. The Balaban J connectivity index is 1.71. The smallest absolute Gasteiger partial charge is 0.368 e. The van der Waals surface area contributed by atoms with Gasteiger partial charge >= 0.3 is 17.9 Å². The summed E-state index contributed by atoms with van der Waals surface area (Å²) in [5.41, 5.74) is 1.18. The Labute approximate surface area is 169 Å². The highest BCUT2D eigenvalue weighted by molar-refractivity contribution is 6.31. The van der Waals surface area contributed by atoms with E-state index in [4.69, 9.17) is 9.25 Å². The standard InChI is InChI=1S/C22H13NO7/c24-20(25)14-8-13(9-15(10-14)21(26)27)18-7-6-16(29-18)11-17-19(23-30-22(17)28)12-4-2-1-3-5-12/h1-11H,(H,24,25)(H,26,27)/b17-11-. The van der Waals surface area contributed by atoms with Crippen molar-refractivity contribution < 1.29 is 33.9 Å². The quantitative estimate of drug-likeness (QED) is 0.491. The van der Waals surface area contributed by atoms with Crippen LogP contribution in [0.3, 0.4) is 0 Å². The van der Waals surface area contributed by atoms with Crippen LogP contribution in [0.4, 0.5) is 0 Å². The zero-order chi connectivity index (χ0) is 21.3. The van der Waals surface area contributed by atoms with Crippen molar-refractivity contribution in [2.45, 2.75) is 0 Å². The van der Waals surface area contributed by atoms with Crippen LogP contribution in [0.25, 0.3) is 17.4 Å². The van der Waals surface area contributed by atoms with Crippen LogP contribution >= 0.6 is 0 Å². The van der Waals surface area contributed by atoms with Crippen LogP contribution in [0, 0.1) is 0 Å². The van der Waals surface area contributed by atoms with Crippen LogP contribution in [-0.2, 0) is 9.63 Å². The molecule has 0 amide bonds. The van der Waals surface area contributed by atoms with Crippen molar-refractivity contribution in [2.75, 3.05) is 0 Å². The SMILES string of the molecule is O=C1ON=C(c2ccccc2)/C1=C/c1ccc(-c2cc(C(=O)O)cc(C(=O)O)c2)o1. The summed E-state index contributed by atoms with van der Waals surface area (Å²) in [5, 5.41) is 22.3. The van der Waals surface area contributed by atoms with Crippen molar-refractivity contribution >= 4 is 29.7 Å². The van der Waals surface area contributed by atoms with E-state index in [1.54, 1.807) is 36.4 Å². The zero-order valence-electron chi connectivity index (χ0n) is 15.2. The molecular formula is C22H13NO7. The summed E-state index contributed by atoms with van der Waals surface area (Å²) in [6.45, 7) is 0. The Morgan fingerprint density at radius 3 is 2.17 bits per heavy atom. The lowest BCUT2D eigenvalue weighted by atomic mass is 10.0. The topological polar surface area (TPSA) is 126 Å². The molecule has 1 aromatic heterocycles. The molecule has 2 heterocycles. The minimum absolute atomic E-state index is 0.181. The molecule has 0 atom stereocenters. The molecule has 148 valence electrons. The van der Waals surface area contributed by atoms with Gasteiger partial charge in [0.2, 0.25) is 0 Å². The van der Waals surface area contributed by atoms with Gasteiger partial charge in [-0.25, -0.2) is 14.4 Å². The van der Waals surface area contributed by atoms with Gasteiger partial charge in [0.15, 0.2) is 0 Å². The van der Waals surface area contributed by atoms with Crippen molar-refractivity contribution in [1.82, 2.24) is 0 Å². The maximum Gasteiger partial charge on any atom is 0.368 e.